The number of anilines is 1. The van der Waals surface area contributed by atoms with E-state index in [-0.39, 0.29) is 28.0 Å². The molecule has 0 spiro atoms. The van der Waals surface area contributed by atoms with Crippen molar-refractivity contribution in [3.05, 3.63) is 29.4 Å². The number of rotatable bonds is 6. The van der Waals surface area contributed by atoms with Crippen LogP contribution >= 0.6 is 11.3 Å². The average Bonchev–Trinajstić information content (AvgIpc) is 3.23. The van der Waals surface area contributed by atoms with Crippen LogP contribution in [0, 0.1) is 0 Å². The number of nitrogens with two attached hydrogens (primary N) is 1. The van der Waals surface area contributed by atoms with Gasteiger partial charge in [-0.1, -0.05) is 6.07 Å². The molecule has 3 aliphatic rings. The summed E-state index contributed by atoms with van der Waals surface area (Å²) in [7, 11) is -3.78. The Balaban J connectivity index is 1.58. The Morgan fingerprint density at radius 3 is 2.34 bits per heavy atom. The molecule has 1 aromatic heterocycles. The number of ether oxygens (including phenoxy) is 1. The Kier molecular flexibility index (Phi) is 6.70. The molecule has 35 heavy (non-hydrogen) atoms. The fraction of sp³-hybridized carbons (Fsp3) is 0.600. The van der Waals surface area contributed by atoms with E-state index in [0.717, 1.165) is 48.4 Å². The Morgan fingerprint density at radius 1 is 1.14 bits per heavy atom. The number of fused-ring (bicyclic) bond motifs is 3. The normalized spacial score (nSPS) is 24.5. The largest absolute Gasteiger partial charge is 0.447 e. The maximum atomic E-state index is 13.2. The van der Waals surface area contributed by atoms with Gasteiger partial charge in [-0.3, -0.25) is 0 Å². The molecular weight excluding hydrogens is 484 g/mol. The van der Waals surface area contributed by atoms with Crippen molar-refractivity contribution in [3.63, 3.8) is 0 Å². The maximum absolute atomic E-state index is 13.2. The van der Waals surface area contributed by atoms with Crippen LogP contribution in [0.1, 0.15) is 78.2 Å². The first-order valence-electron chi connectivity index (χ1n) is 12.1. The van der Waals surface area contributed by atoms with Crippen LogP contribution in [0.5, 0.6) is 0 Å². The number of nitrogens with one attached hydrogen (secondary N) is 2. The van der Waals surface area contributed by atoms with Crippen molar-refractivity contribution in [3.8, 4) is 10.4 Å². The number of hydrogen-bond donors (Lipinski definition) is 3. The molecule has 0 unspecified atom stereocenters. The number of carbonyl (C=O) groups excluding carboxylic acids is 1. The zero-order valence-electron chi connectivity index (χ0n) is 21.1. The molecule has 3 fully saturated rings. The van der Waals surface area contributed by atoms with Gasteiger partial charge >= 0.3 is 6.09 Å². The molecule has 3 aliphatic carbocycles. The standard InChI is InChI=1S/C25H36N4O4S2/c1-16(2)33-22(30)28-25-11-8-24(9-12-25,10-13-25)21-27-15-19(34-21)18-7-6-17(26)14-20(18)35(31,32)29-23(3,4)5/h6-7,14-16,29H,8-13,26H2,1-5H3,(H,28,30). The minimum absolute atomic E-state index is 0.0369. The average molecular weight is 521 g/mol. The van der Waals surface area contributed by atoms with Crippen molar-refractivity contribution in [1.82, 2.24) is 15.0 Å². The van der Waals surface area contributed by atoms with E-state index in [2.05, 4.69) is 10.0 Å². The van der Waals surface area contributed by atoms with Crippen LogP contribution in [0.4, 0.5) is 10.5 Å². The molecular formula is C25H36N4O4S2. The Morgan fingerprint density at radius 2 is 1.77 bits per heavy atom. The molecule has 4 N–H and O–H groups in total. The lowest BCUT2D eigenvalue weighted by Gasteiger charge is -2.52. The van der Waals surface area contributed by atoms with Crippen LogP contribution in [0.2, 0.25) is 0 Å². The van der Waals surface area contributed by atoms with Gasteiger partial charge in [-0.25, -0.2) is 22.9 Å². The second-order valence-corrected chi connectivity index (χ2v) is 14.0. The molecule has 10 heteroatoms. The second-order valence-electron chi connectivity index (χ2n) is 11.3. The molecule has 0 radical (unpaired) electrons. The minimum Gasteiger partial charge on any atom is -0.447 e. The molecule has 8 nitrogen and oxygen atoms in total. The molecule has 1 amide bonds. The van der Waals surface area contributed by atoms with Gasteiger partial charge in [-0.2, -0.15) is 0 Å². The van der Waals surface area contributed by atoms with Crippen LogP contribution in [0.3, 0.4) is 0 Å². The number of hydrogen-bond acceptors (Lipinski definition) is 7. The highest BCUT2D eigenvalue weighted by Crippen LogP contribution is 2.55. The number of benzene rings is 1. The van der Waals surface area contributed by atoms with Gasteiger partial charge in [0.05, 0.1) is 20.9 Å². The van der Waals surface area contributed by atoms with E-state index in [1.165, 1.54) is 6.07 Å². The van der Waals surface area contributed by atoms with Crippen molar-refractivity contribution in [2.75, 3.05) is 5.73 Å². The van der Waals surface area contributed by atoms with Crippen molar-refractivity contribution in [1.29, 1.82) is 0 Å². The van der Waals surface area contributed by atoms with E-state index >= 15 is 0 Å². The molecule has 1 heterocycles. The third-order valence-corrected chi connectivity index (χ3v) is 9.99. The summed E-state index contributed by atoms with van der Waals surface area (Å²) in [6.45, 7) is 9.13. The number of aromatic nitrogens is 1. The van der Waals surface area contributed by atoms with Gasteiger partial charge in [-0.05, 0) is 85.3 Å². The van der Waals surface area contributed by atoms with Gasteiger partial charge in [0.25, 0.3) is 0 Å². The van der Waals surface area contributed by atoms with Gasteiger partial charge in [0.15, 0.2) is 0 Å². The first-order chi connectivity index (χ1) is 16.2. The van der Waals surface area contributed by atoms with Crippen LogP contribution in [0.15, 0.2) is 29.3 Å². The van der Waals surface area contributed by atoms with Crippen molar-refractivity contribution < 1.29 is 17.9 Å². The molecule has 1 aromatic carbocycles. The van der Waals surface area contributed by atoms with Crippen molar-refractivity contribution >= 4 is 33.1 Å². The minimum atomic E-state index is -3.78. The summed E-state index contributed by atoms with van der Waals surface area (Å²) >= 11 is 1.56. The van der Waals surface area contributed by atoms with Gasteiger partial charge < -0.3 is 15.8 Å². The van der Waals surface area contributed by atoms with E-state index < -0.39 is 15.6 Å². The Labute approximate surface area is 212 Å². The fourth-order valence-electron chi connectivity index (χ4n) is 5.22. The summed E-state index contributed by atoms with van der Waals surface area (Å²) < 4.78 is 34.4. The quantitative estimate of drug-likeness (QED) is 0.463. The van der Waals surface area contributed by atoms with Gasteiger partial charge in [0, 0.05) is 33.9 Å². The van der Waals surface area contributed by atoms with Crippen molar-refractivity contribution in [2.45, 2.75) is 101 Å². The van der Waals surface area contributed by atoms with Crippen LogP contribution in [-0.2, 0) is 20.2 Å². The number of thiazole rings is 1. The SMILES string of the molecule is CC(C)OC(=O)NC12CCC(c3ncc(-c4ccc(N)cc4S(=O)(=O)NC(C)(C)C)s3)(CC1)CC2. The highest BCUT2D eigenvalue weighted by Gasteiger charge is 2.51. The van der Waals surface area contributed by atoms with Crippen LogP contribution < -0.4 is 15.8 Å². The summed E-state index contributed by atoms with van der Waals surface area (Å²) in [5, 5.41) is 4.17. The van der Waals surface area contributed by atoms with E-state index in [1.54, 1.807) is 29.7 Å². The highest BCUT2D eigenvalue weighted by atomic mass is 32.2. The fourth-order valence-corrected chi connectivity index (χ4v) is 8.19. The first kappa shape index (κ1) is 25.9. The highest BCUT2D eigenvalue weighted by molar-refractivity contribution is 7.89. The number of nitrogen functional groups attached to an aromatic ring is 1. The van der Waals surface area contributed by atoms with Crippen LogP contribution in [0.25, 0.3) is 10.4 Å². The zero-order chi connectivity index (χ0) is 25.6. The summed E-state index contributed by atoms with van der Waals surface area (Å²) in [5.74, 6) is 0. The van der Waals surface area contributed by atoms with Gasteiger partial charge in [0.1, 0.15) is 0 Å². The van der Waals surface area contributed by atoms with Gasteiger partial charge in [-0.15, -0.1) is 11.3 Å². The lowest BCUT2D eigenvalue weighted by atomic mass is 9.57. The first-order valence-corrected chi connectivity index (χ1v) is 14.4. The number of amides is 1. The lowest BCUT2D eigenvalue weighted by molar-refractivity contribution is 0.0560. The number of nitrogens with zero attached hydrogens (tertiary/aromatic N) is 1. The van der Waals surface area contributed by atoms with Gasteiger partial charge in [0.2, 0.25) is 10.0 Å². The molecule has 2 aromatic rings. The second kappa shape index (κ2) is 9.05. The predicted octanol–water partition coefficient (Wildman–Crippen LogP) is 4.95. The maximum Gasteiger partial charge on any atom is 0.407 e. The predicted molar refractivity (Wildman–Crippen MR) is 139 cm³/mol. The number of carbonyl (C=O) groups is 1. The topological polar surface area (TPSA) is 123 Å². The van der Waals surface area contributed by atoms with Crippen LogP contribution in [-0.4, -0.2) is 36.7 Å². The lowest BCUT2D eigenvalue weighted by Crippen LogP contribution is -2.58. The third kappa shape index (κ3) is 5.49. The summed E-state index contributed by atoms with van der Waals surface area (Å²) in [4.78, 5) is 18.0. The van der Waals surface area contributed by atoms with E-state index in [4.69, 9.17) is 15.5 Å². The smallest absolute Gasteiger partial charge is 0.407 e. The Hall–Kier alpha value is -2.17. The Bertz CT molecular complexity index is 1190. The summed E-state index contributed by atoms with van der Waals surface area (Å²) in [6, 6.07) is 5.00. The number of alkyl carbamates (subject to hydrolysis) is 1. The van der Waals surface area contributed by atoms with E-state index in [0.29, 0.717) is 11.3 Å². The summed E-state index contributed by atoms with van der Waals surface area (Å²) in [5.41, 5.74) is 6.11. The van der Waals surface area contributed by atoms with E-state index in [1.807, 2.05) is 34.6 Å². The summed E-state index contributed by atoms with van der Waals surface area (Å²) in [6.07, 6.45) is 6.73. The molecule has 0 aliphatic heterocycles. The molecule has 5 rings (SSSR count). The molecule has 0 atom stereocenters. The monoisotopic (exact) mass is 520 g/mol. The molecule has 3 saturated carbocycles. The molecule has 192 valence electrons. The third-order valence-electron chi connectivity index (χ3n) is 6.92. The zero-order valence-corrected chi connectivity index (χ0v) is 22.7. The van der Waals surface area contributed by atoms with E-state index in [9.17, 15) is 13.2 Å². The molecule has 2 bridgehead atoms. The van der Waals surface area contributed by atoms with Crippen molar-refractivity contribution in [2.24, 2.45) is 0 Å². The molecule has 0 saturated heterocycles. The number of sulfonamides is 1.